The summed E-state index contributed by atoms with van der Waals surface area (Å²) in [5.74, 6) is 0.874. The van der Waals surface area contributed by atoms with E-state index in [0.717, 1.165) is 34.4 Å². The molecule has 0 atom stereocenters. The molecule has 0 spiro atoms. The lowest BCUT2D eigenvalue weighted by atomic mass is 10.1. The van der Waals surface area contributed by atoms with E-state index < -0.39 is 0 Å². The molecule has 4 nitrogen and oxygen atoms in total. The highest BCUT2D eigenvalue weighted by Gasteiger charge is 2.07. The molecular formula is C17H21N3O. The topological polar surface area (TPSA) is 45.2 Å². The molecule has 0 aliphatic heterocycles. The van der Waals surface area contributed by atoms with Crippen LogP contribution in [0.5, 0.6) is 0 Å². The van der Waals surface area contributed by atoms with Crippen LogP contribution in [0.1, 0.15) is 20.3 Å². The van der Waals surface area contributed by atoms with Gasteiger partial charge in [0.15, 0.2) is 0 Å². The van der Waals surface area contributed by atoms with Crippen molar-refractivity contribution in [1.82, 2.24) is 4.98 Å². The quantitative estimate of drug-likeness (QED) is 0.872. The average Bonchev–Trinajstić information content (AvgIpc) is 2.47. The minimum Gasteiger partial charge on any atom is -0.363 e. The summed E-state index contributed by atoms with van der Waals surface area (Å²) in [5.41, 5.74) is 2.50. The normalized spacial score (nSPS) is 11.5. The maximum atomic E-state index is 12.1. The number of amides is 1. The smallest absolute Gasteiger partial charge is 0.251 e. The highest BCUT2D eigenvalue weighted by molar-refractivity contribution is 6.04. The van der Waals surface area contributed by atoms with Crippen molar-refractivity contribution < 1.29 is 4.79 Å². The van der Waals surface area contributed by atoms with E-state index in [1.807, 2.05) is 69.3 Å². The van der Waals surface area contributed by atoms with Crippen LogP contribution in [-0.4, -0.2) is 25.0 Å². The van der Waals surface area contributed by atoms with E-state index in [1.165, 1.54) is 0 Å². The molecule has 0 saturated carbocycles. The van der Waals surface area contributed by atoms with E-state index in [-0.39, 0.29) is 5.91 Å². The largest absolute Gasteiger partial charge is 0.363 e. The number of nitrogens with zero attached hydrogens (tertiary/aromatic N) is 2. The Morgan fingerprint density at radius 3 is 2.67 bits per heavy atom. The summed E-state index contributed by atoms with van der Waals surface area (Å²) in [6, 6.07) is 9.75. The first kappa shape index (κ1) is 15.0. The van der Waals surface area contributed by atoms with Gasteiger partial charge in [-0.1, -0.05) is 13.0 Å². The number of benzene rings is 1. The summed E-state index contributed by atoms with van der Waals surface area (Å²) in [6.45, 7) is 3.85. The van der Waals surface area contributed by atoms with Gasteiger partial charge in [0.2, 0.25) is 0 Å². The van der Waals surface area contributed by atoms with Crippen molar-refractivity contribution in [3.8, 4) is 0 Å². The summed E-state index contributed by atoms with van der Waals surface area (Å²) in [5, 5.41) is 3.94. The van der Waals surface area contributed by atoms with Gasteiger partial charge < -0.3 is 10.2 Å². The molecule has 1 amide bonds. The first-order valence-corrected chi connectivity index (χ1v) is 7.09. The van der Waals surface area contributed by atoms with Gasteiger partial charge in [-0.2, -0.15) is 0 Å². The Hall–Kier alpha value is -2.36. The third-order valence-electron chi connectivity index (χ3n) is 3.41. The highest BCUT2D eigenvalue weighted by Crippen LogP contribution is 2.21. The van der Waals surface area contributed by atoms with Crippen molar-refractivity contribution in [2.45, 2.75) is 20.3 Å². The first-order valence-electron chi connectivity index (χ1n) is 7.09. The maximum absolute atomic E-state index is 12.1. The molecule has 2 rings (SSSR count). The van der Waals surface area contributed by atoms with Crippen molar-refractivity contribution in [2.24, 2.45) is 0 Å². The predicted molar refractivity (Wildman–Crippen MR) is 88.7 cm³/mol. The fourth-order valence-corrected chi connectivity index (χ4v) is 2.15. The van der Waals surface area contributed by atoms with Crippen molar-refractivity contribution in [1.29, 1.82) is 0 Å². The summed E-state index contributed by atoms with van der Waals surface area (Å²) in [7, 11) is 3.93. The molecular weight excluding hydrogens is 262 g/mol. The molecule has 0 bridgehead atoms. The average molecular weight is 283 g/mol. The van der Waals surface area contributed by atoms with Crippen LogP contribution in [0.25, 0.3) is 10.9 Å². The van der Waals surface area contributed by atoms with Crippen LogP contribution in [0.4, 0.5) is 11.5 Å². The summed E-state index contributed by atoms with van der Waals surface area (Å²) in [6.07, 6.45) is 2.57. The number of carbonyl (C=O) groups excluding carboxylic acids is 1. The molecule has 0 fully saturated rings. The number of carbonyl (C=O) groups is 1. The SMILES string of the molecule is CC=C(CC)C(=O)Nc1ccc2nc(N(C)C)ccc2c1. The number of aromatic nitrogens is 1. The molecule has 0 saturated heterocycles. The molecule has 1 aromatic carbocycles. The maximum Gasteiger partial charge on any atom is 0.251 e. The number of hydrogen-bond donors (Lipinski definition) is 1. The molecule has 1 aromatic heterocycles. The molecule has 21 heavy (non-hydrogen) atoms. The fraction of sp³-hybridized carbons (Fsp3) is 0.294. The van der Waals surface area contributed by atoms with Crippen molar-refractivity contribution in [3.05, 3.63) is 42.0 Å². The third kappa shape index (κ3) is 3.40. The van der Waals surface area contributed by atoms with Gasteiger partial charge in [0, 0.05) is 30.7 Å². The van der Waals surface area contributed by atoms with Crippen LogP contribution in [-0.2, 0) is 4.79 Å². The lowest BCUT2D eigenvalue weighted by Crippen LogP contribution is -2.14. The Balaban J connectivity index is 2.27. The molecule has 4 heteroatoms. The number of nitrogens with one attached hydrogen (secondary N) is 1. The van der Waals surface area contributed by atoms with E-state index in [0.29, 0.717) is 0 Å². The van der Waals surface area contributed by atoms with Gasteiger partial charge in [0.1, 0.15) is 5.82 Å². The lowest BCUT2D eigenvalue weighted by Gasteiger charge is -2.12. The first-order chi connectivity index (χ1) is 10.0. The Morgan fingerprint density at radius 2 is 2.05 bits per heavy atom. The lowest BCUT2D eigenvalue weighted by molar-refractivity contribution is -0.113. The van der Waals surface area contributed by atoms with E-state index in [1.54, 1.807) is 0 Å². The Labute approximate surface area is 125 Å². The van der Waals surface area contributed by atoms with Crippen LogP contribution in [0.3, 0.4) is 0 Å². The number of rotatable bonds is 4. The van der Waals surface area contributed by atoms with Crippen molar-refractivity contribution >= 4 is 28.3 Å². The molecule has 0 aliphatic carbocycles. The zero-order chi connectivity index (χ0) is 15.4. The van der Waals surface area contributed by atoms with E-state index in [2.05, 4.69) is 10.3 Å². The summed E-state index contributed by atoms with van der Waals surface area (Å²) in [4.78, 5) is 18.6. The monoisotopic (exact) mass is 283 g/mol. The Kier molecular flexibility index (Phi) is 4.58. The van der Waals surface area contributed by atoms with Crippen LogP contribution in [0, 0.1) is 0 Å². The van der Waals surface area contributed by atoms with Crippen LogP contribution >= 0.6 is 0 Å². The number of fused-ring (bicyclic) bond motifs is 1. The standard InChI is InChI=1S/C17H21N3O/c1-5-12(6-2)17(21)18-14-8-9-15-13(11-14)7-10-16(19-15)20(3)4/h5,7-11H,6H2,1-4H3,(H,18,21). The van der Waals surface area contributed by atoms with Gasteiger partial charge in [-0.3, -0.25) is 4.79 Å². The minimum absolute atomic E-state index is 0.0442. The van der Waals surface area contributed by atoms with Crippen LogP contribution < -0.4 is 10.2 Å². The van der Waals surface area contributed by atoms with Crippen LogP contribution in [0.15, 0.2) is 42.0 Å². The molecule has 1 heterocycles. The van der Waals surface area contributed by atoms with Crippen molar-refractivity contribution in [3.63, 3.8) is 0 Å². The molecule has 2 aromatic rings. The van der Waals surface area contributed by atoms with E-state index >= 15 is 0 Å². The molecule has 1 N–H and O–H groups in total. The Bertz CT molecular complexity index is 689. The predicted octanol–water partition coefficient (Wildman–Crippen LogP) is 3.60. The number of pyridine rings is 1. The van der Waals surface area contributed by atoms with Crippen LogP contribution in [0.2, 0.25) is 0 Å². The summed E-state index contributed by atoms with van der Waals surface area (Å²) < 4.78 is 0. The third-order valence-corrected chi connectivity index (χ3v) is 3.41. The Morgan fingerprint density at radius 1 is 1.29 bits per heavy atom. The van der Waals surface area contributed by atoms with E-state index in [4.69, 9.17) is 0 Å². The second kappa shape index (κ2) is 6.39. The molecule has 0 aliphatic rings. The van der Waals surface area contributed by atoms with Gasteiger partial charge in [0.05, 0.1) is 5.52 Å². The second-order valence-electron chi connectivity index (χ2n) is 5.09. The van der Waals surface area contributed by atoms with Gasteiger partial charge in [-0.05, 0) is 43.7 Å². The molecule has 110 valence electrons. The fourth-order valence-electron chi connectivity index (χ4n) is 2.15. The second-order valence-corrected chi connectivity index (χ2v) is 5.09. The minimum atomic E-state index is -0.0442. The number of allylic oxidation sites excluding steroid dienone is 1. The number of anilines is 2. The zero-order valence-electron chi connectivity index (χ0n) is 13.0. The van der Waals surface area contributed by atoms with Gasteiger partial charge in [0.25, 0.3) is 5.91 Å². The van der Waals surface area contributed by atoms with E-state index in [9.17, 15) is 4.79 Å². The highest BCUT2D eigenvalue weighted by atomic mass is 16.1. The molecule has 0 unspecified atom stereocenters. The van der Waals surface area contributed by atoms with Gasteiger partial charge >= 0.3 is 0 Å². The summed E-state index contributed by atoms with van der Waals surface area (Å²) >= 11 is 0. The van der Waals surface area contributed by atoms with Gasteiger partial charge in [-0.15, -0.1) is 0 Å². The zero-order valence-corrected chi connectivity index (χ0v) is 13.0. The molecule has 0 radical (unpaired) electrons. The van der Waals surface area contributed by atoms with Crippen molar-refractivity contribution in [2.75, 3.05) is 24.3 Å². The van der Waals surface area contributed by atoms with Gasteiger partial charge in [-0.25, -0.2) is 4.98 Å². The number of hydrogen-bond acceptors (Lipinski definition) is 3.